The monoisotopic (exact) mass is 315 g/mol. The first kappa shape index (κ1) is 19.2. The van der Waals surface area contributed by atoms with Crippen molar-refractivity contribution in [2.75, 3.05) is 0 Å². The highest BCUT2D eigenvalue weighted by molar-refractivity contribution is 6.35. The summed E-state index contributed by atoms with van der Waals surface area (Å²) < 4.78 is 0. The minimum Gasteiger partial charge on any atom is -0.388 e. The number of aliphatic hydroxyl groups is 1. The molecule has 0 aliphatic carbocycles. The van der Waals surface area contributed by atoms with Crippen LogP contribution in [0.2, 0.25) is 10.0 Å². The van der Waals surface area contributed by atoms with Crippen molar-refractivity contribution in [2.24, 2.45) is 10.9 Å². The van der Waals surface area contributed by atoms with Crippen molar-refractivity contribution in [3.63, 3.8) is 0 Å². The summed E-state index contributed by atoms with van der Waals surface area (Å²) in [6.07, 6.45) is 5.79. The van der Waals surface area contributed by atoms with Crippen LogP contribution in [0.15, 0.2) is 35.5 Å². The molecule has 1 aromatic rings. The maximum atomic E-state index is 9.47. The van der Waals surface area contributed by atoms with Gasteiger partial charge in [0.1, 0.15) is 0 Å². The molecule has 1 N–H and O–H groups in total. The Morgan fingerprint density at radius 1 is 1.30 bits per heavy atom. The van der Waals surface area contributed by atoms with Gasteiger partial charge in [0.25, 0.3) is 0 Å². The average Bonchev–Trinajstić information content (AvgIpc) is 2.38. The predicted molar refractivity (Wildman–Crippen MR) is 89.9 cm³/mol. The predicted octanol–water partition coefficient (Wildman–Crippen LogP) is 5.68. The summed E-state index contributed by atoms with van der Waals surface area (Å²) in [4.78, 5) is 3.98. The van der Waals surface area contributed by atoms with E-state index in [-0.39, 0.29) is 0 Å². The van der Waals surface area contributed by atoms with Crippen molar-refractivity contribution in [1.29, 1.82) is 0 Å². The van der Waals surface area contributed by atoms with E-state index in [1.807, 2.05) is 26.1 Å². The molecule has 0 aliphatic heterocycles. The highest BCUT2D eigenvalue weighted by atomic mass is 35.5. The van der Waals surface area contributed by atoms with Crippen LogP contribution < -0.4 is 0 Å². The number of hydrogen-bond acceptors (Lipinski definition) is 2. The molecule has 0 amide bonds. The Hall–Kier alpha value is -0.830. The van der Waals surface area contributed by atoms with E-state index < -0.39 is 6.10 Å². The lowest BCUT2D eigenvalue weighted by atomic mass is 10.1. The van der Waals surface area contributed by atoms with Gasteiger partial charge in [0.15, 0.2) is 0 Å². The van der Waals surface area contributed by atoms with E-state index in [9.17, 15) is 5.11 Å². The lowest BCUT2D eigenvalue weighted by molar-refractivity contribution is 0.174. The van der Waals surface area contributed by atoms with Gasteiger partial charge >= 0.3 is 0 Å². The topological polar surface area (TPSA) is 32.6 Å². The van der Waals surface area contributed by atoms with E-state index in [4.69, 9.17) is 23.2 Å². The van der Waals surface area contributed by atoms with Gasteiger partial charge in [0, 0.05) is 22.5 Å². The van der Waals surface area contributed by atoms with Gasteiger partial charge in [0.05, 0.1) is 6.10 Å². The molecule has 0 bridgehead atoms. The molecule has 112 valence electrons. The molecule has 1 unspecified atom stereocenters. The Bertz CT molecular complexity index is 442. The van der Waals surface area contributed by atoms with Crippen LogP contribution in [0, 0.1) is 5.92 Å². The third-order valence-electron chi connectivity index (χ3n) is 2.33. The van der Waals surface area contributed by atoms with Crippen LogP contribution in [0.1, 0.15) is 45.8 Å². The Labute approximate surface area is 132 Å². The molecule has 0 aliphatic rings. The fraction of sp³-hybridized carbons (Fsp3) is 0.438. The Morgan fingerprint density at radius 3 is 2.40 bits per heavy atom. The number of hydrogen-bond donors (Lipinski definition) is 1. The van der Waals surface area contributed by atoms with E-state index in [1.54, 1.807) is 24.4 Å². The molecular formula is C16H23Cl2NO. The molecule has 1 rings (SSSR count). The summed E-state index contributed by atoms with van der Waals surface area (Å²) in [5.74, 6) is 0.561. The number of aliphatic imine (C=N–C) groups is 1. The van der Waals surface area contributed by atoms with E-state index in [2.05, 4.69) is 18.8 Å². The fourth-order valence-corrected chi connectivity index (χ4v) is 1.83. The van der Waals surface area contributed by atoms with Crippen molar-refractivity contribution in [1.82, 2.24) is 0 Å². The number of nitrogens with zero attached hydrogens (tertiary/aromatic N) is 1. The first-order valence-electron chi connectivity index (χ1n) is 6.69. The van der Waals surface area contributed by atoms with Gasteiger partial charge in [-0.2, -0.15) is 0 Å². The maximum absolute atomic E-state index is 9.47. The summed E-state index contributed by atoms with van der Waals surface area (Å²) in [5, 5.41) is 10.6. The van der Waals surface area contributed by atoms with Gasteiger partial charge in [-0.1, -0.05) is 56.1 Å². The maximum Gasteiger partial charge on any atom is 0.0801 e. The molecular weight excluding hydrogens is 293 g/mol. The Balaban J connectivity index is 0.000000396. The van der Waals surface area contributed by atoms with Crippen molar-refractivity contribution < 1.29 is 5.11 Å². The number of halogens is 2. The van der Waals surface area contributed by atoms with Gasteiger partial charge in [-0.15, -0.1) is 0 Å². The third kappa shape index (κ3) is 8.36. The van der Waals surface area contributed by atoms with Gasteiger partial charge < -0.3 is 5.11 Å². The zero-order chi connectivity index (χ0) is 15.5. The summed E-state index contributed by atoms with van der Waals surface area (Å²) in [6.45, 7) is 8.06. The molecule has 0 fully saturated rings. The zero-order valence-electron chi connectivity index (χ0n) is 12.5. The largest absolute Gasteiger partial charge is 0.388 e. The highest BCUT2D eigenvalue weighted by Gasteiger charge is 2.08. The summed E-state index contributed by atoms with van der Waals surface area (Å²) in [7, 11) is 0. The van der Waals surface area contributed by atoms with Crippen LogP contribution >= 0.6 is 23.2 Å². The summed E-state index contributed by atoms with van der Waals surface area (Å²) >= 11 is 11.6. The van der Waals surface area contributed by atoms with Crippen molar-refractivity contribution >= 4 is 29.4 Å². The molecule has 4 heteroatoms. The normalized spacial score (nSPS) is 12.8. The van der Waals surface area contributed by atoms with Crippen LogP contribution in [0.25, 0.3) is 0 Å². The Kier molecular flexibility index (Phi) is 10.4. The molecule has 1 aromatic carbocycles. The zero-order valence-corrected chi connectivity index (χ0v) is 14.0. The highest BCUT2D eigenvalue weighted by Crippen LogP contribution is 2.27. The number of benzene rings is 1. The number of rotatable bonds is 4. The molecule has 0 spiro atoms. The molecule has 1 atom stereocenters. The second kappa shape index (κ2) is 10.9. The van der Waals surface area contributed by atoms with Gasteiger partial charge in [-0.25, -0.2) is 0 Å². The minimum absolute atomic E-state index is 0.491. The van der Waals surface area contributed by atoms with E-state index in [0.717, 1.165) is 5.56 Å². The number of aliphatic hydroxyl groups excluding tert-OH is 1. The molecule has 2 nitrogen and oxygen atoms in total. The molecule has 0 aromatic heterocycles. The van der Waals surface area contributed by atoms with Crippen molar-refractivity contribution in [2.45, 2.75) is 40.2 Å². The molecule has 0 saturated carbocycles. The van der Waals surface area contributed by atoms with Crippen LogP contribution in [0.3, 0.4) is 0 Å². The lowest BCUT2D eigenvalue weighted by Gasteiger charge is -2.09. The molecule has 0 saturated heterocycles. The summed E-state index contributed by atoms with van der Waals surface area (Å²) in [6, 6.07) is 5.11. The third-order valence-corrected chi connectivity index (χ3v) is 2.89. The van der Waals surface area contributed by atoms with Crippen LogP contribution in [-0.2, 0) is 0 Å². The first-order chi connectivity index (χ1) is 9.42. The summed E-state index contributed by atoms with van der Waals surface area (Å²) in [5.41, 5.74) is 0.739. The smallest absolute Gasteiger partial charge is 0.0801 e. The van der Waals surface area contributed by atoms with Gasteiger partial charge in [0.2, 0.25) is 0 Å². The Morgan fingerprint density at radius 2 is 1.95 bits per heavy atom. The molecule has 0 radical (unpaired) electrons. The van der Waals surface area contributed by atoms with Crippen LogP contribution in [0.5, 0.6) is 0 Å². The molecule has 0 heterocycles. The van der Waals surface area contributed by atoms with E-state index in [0.29, 0.717) is 22.4 Å². The van der Waals surface area contributed by atoms with Crippen LogP contribution in [0.4, 0.5) is 0 Å². The van der Waals surface area contributed by atoms with E-state index >= 15 is 0 Å². The lowest BCUT2D eigenvalue weighted by Crippen LogP contribution is -1.95. The quantitative estimate of drug-likeness (QED) is 0.712. The average molecular weight is 316 g/mol. The minimum atomic E-state index is -0.491. The second-order valence-electron chi connectivity index (χ2n) is 4.61. The van der Waals surface area contributed by atoms with Crippen molar-refractivity contribution in [3.05, 3.63) is 46.1 Å². The molecule has 20 heavy (non-hydrogen) atoms. The first-order valence-corrected chi connectivity index (χ1v) is 7.45. The van der Waals surface area contributed by atoms with Gasteiger partial charge in [-0.05, 0) is 37.0 Å². The van der Waals surface area contributed by atoms with Gasteiger partial charge in [-0.3, -0.25) is 4.99 Å². The fourth-order valence-electron chi connectivity index (χ4n) is 1.30. The SMILES string of the molecule is C/C=C\N=CC(C)C.CCC(O)c1ccc(Cl)cc1Cl. The van der Waals surface area contributed by atoms with E-state index in [1.165, 1.54) is 0 Å². The number of allylic oxidation sites excluding steroid dienone is 1. The van der Waals surface area contributed by atoms with Crippen LogP contribution in [-0.4, -0.2) is 11.3 Å². The standard InChI is InChI=1S/C9H10Cl2O.C7H13N/c1-2-9(12)7-4-3-6(10)5-8(7)11;1-4-5-8-6-7(2)3/h3-5,9,12H,2H2,1H3;4-7H,1-3H3/b;5-4-,8-6?. The second-order valence-corrected chi connectivity index (χ2v) is 5.46. The van der Waals surface area contributed by atoms with Crippen molar-refractivity contribution in [3.8, 4) is 0 Å².